The molecule has 0 bridgehead atoms. The topological polar surface area (TPSA) is 284 Å². The van der Waals surface area contributed by atoms with Gasteiger partial charge in [0.05, 0.1) is 0 Å². The van der Waals surface area contributed by atoms with Crippen molar-refractivity contribution in [2.75, 3.05) is 0 Å². The molecule has 0 aliphatic carbocycles. The average Bonchev–Trinajstić information content (AvgIpc) is 2.24. The van der Waals surface area contributed by atoms with Crippen LogP contribution in [0.2, 0.25) is 0 Å². The zero-order valence-corrected chi connectivity index (χ0v) is 13.7. The summed E-state index contributed by atoms with van der Waals surface area (Å²) in [5.74, 6) is 0. The van der Waals surface area contributed by atoms with Crippen LogP contribution in [-0.2, 0) is 74.6 Å². The summed E-state index contributed by atoms with van der Waals surface area (Å²) in [4.78, 5) is 29.0. The van der Waals surface area contributed by atoms with Crippen LogP contribution in [0.25, 0.3) is 22.4 Å². The Balaban J connectivity index is -0.0000000151. The Labute approximate surface area is 142 Å². The molecule has 0 fully saturated rings. The van der Waals surface area contributed by atoms with Crippen molar-refractivity contribution < 1.29 is 60.8 Å². The van der Waals surface area contributed by atoms with Crippen molar-refractivity contribution in [2.24, 2.45) is 0 Å². The van der Waals surface area contributed by atoms with Gasteiger partial charge in [0.25, 0.3) is 0 Å². The maximum Gasteiger partial charge on any atom is 2.00 e. The molecule has 0 amide bonds. The molecule has 0 radical (unpaired) electrons. The van der Waals surface area contributed by atoms with E-state index in [0.717, 1.165) is 0 Å². The second-order valence-corrected chi connectivity index (χ2v) is 4.90. The summed E-state index contributed by atoms with van der Waals surface area (Å²) < 4.78 is 53.3. The molecule has 14 nitrogen and oxygen atoms in total. The van der Waals surface area contributed by atoms with Gasteiger partial charge in [-0.05, 0) is 22.4 Å². The minimum atomic E-state index is -4.33. The van der Waals surface area contributed by atoms with Crippen LogP contribution in [0.3, 0.4) is 0 Å². The smallest absolute Gasteiger partial charge is 0.780 e. The van der Waals surface area contributed by atoms with E-state index in [4.69, 9.17) is 68.6 Å². The van der Waals surface area contributed by atoms with Crippen molar-refractivity contribution in [1.29, 1.82) is 0 Å². The predicted molar refractivity (Wildman–Crippen MR) is 61.0 cm³/mol. The molecule has 0 aromatic rings. The van der Waals surface area contributed by atoms with E-state index in [9.17, 15) is 0 Å². The summed E-state index contributed by atoms with van der Waals surface area (Å²) in [6.07, 6.45) is 0. The van der Waals surface area contributed by atoms with Gasteiger partial charge in [0, 0.05) is 0 Å². The van der Waals surface area contributed by atoms with Crippen molar-refractivity contribution in [3.05, 3.63) is 42.0 Å². The van der Waals surface area contributed by atoms with Crippen molar-refractivity contribution in [1.82, 2.24) is 0 Å². The molecular formula is Fe2N4O10S4-4. The molecular weight excluding hydrogens is 456 g/mol. The molecule has 0 aromatic carbocycles. The number of hydrogen-bond donors (Lipinski definition) is 0. The zero-order chi connectivity index (χ0) is 17.0. The molecule has 0 atom stereocenters. The largest absolute Gasteiger partial charge is 2.00 e. The van der Waals surface area contributed by atoms with E-state index in [-0.39, 0.29) is 34.1 Å². The first-order valence-corrected chi connectivity index (χ1v) is 6.73. The van der Waals surface area contributed by atoms with E-state index in [1.54, 1.807) is 0 Å². The van der Waals surface area contributed by atoms with Crippen molar-refractivity contribution in [2.45, 2.75) is 0 Å². The Morgan fingerprint density at radius 1 is 0.550 bits per heavy atom. The Morgan fingerprint density at radius 3 is 0.550 bits per heavy atom. The molecule has 124 valence electrons. The Hall–Kier alpha value is 0.0190. The van der Waals surface area contributed by atoms with Crippen LogP contribution in [0.15, 0.2) is 0 Å². The summed E-state index contributed by atoms with van der Waals surface area (Å²) in [6, 6.07) is 0. The summed E-state index contributed by atoms with van der Waals surface area (Å²) in [5.41, 5.74) is 23.0. The van der Waals surface area contributed by atoms with Crippen molar-refractivity contribution in [3.63, 3.8) is 0 Å². The van der Waals surface area contributed by atoms with Gasteiger partial charge in [0.1, 0.15) is 0 Å². The molecule has 0 aliphatic rings. The van der Waals surface area contributed by atoms with Gasteiger partial charge in [-0.25, -0.2) is 0 Å². The van der Waals surface area contributed by atoms with Gasteiger partial charge in [0.2, 0.25) is 0 Å². The maximum atomic E-state index is 8.89. The minimum Gasteiger partial charge on any atom is -0.780 e. The van der Waals surface area contributed by atoms with Gasteiger partial charge >= 0.3 is 34.1 Å². The zero-order valence-electron chi connectivity index (χ0n) is 8.21. The van der Waals surface area contributed by atoms with Gasteiger partial charge in [0.15, 0.2) is 0 Å². The van der Waals surface area contributed by atoms with Gasteiger partial charge < -0.3 is 60.2 Å². The van der Waals surface area contributed by atoms with E-state index in [0.29, 0.717) is 0 Å². The second kappa shape index (κ2) is 42.7. The van der Waals surface area contributed by atoms with E-state index in [1.807, 2.05) is 0 Å². The standard InChI is InChI=1S/2Fe.4NO.2H2O3S2/c;;4*1-2;2*1-5(2,3)4/h;;;;;;2*(H2,1,2,3,4)/q2*+2;4*-1;;/p-4. The number of nitrogens with zero attached hydrogens (tertiary/aromatic N) is 4. The molecule has 0 rings (SSSR count). The first-order chi connectivity index (χ1) is 8.00. The number of nitroso groups, excluding NO2 is 4. The molecule has 0 saturated heterocycles. The Bertz CT molecular complexity index is 275. The minimum absolute atomic E-state index is 0. The molecule has 0 unspecified atom stereocenters. The molecule has 0 aromatic heterocycles. The van der Waals surface area contributed by atoms with E-state index in [2.05, 4.69) is 22.4 Å². The number of hydrogen-bond acceptors (Lipinski definition) is 12. The maximum absolute atomic E-state index is 8.89. The summed E-state index contributed by atoms with van der Waals surface area (Å²) >= 11 is 6.49. The molecule has 0 N–H and O–H groups in total. The third kappa shape index (κ3) is 14500000. The van der Waals surface area contributed by atoms with Crippen LogP contribution in [0.1, 0.15) is 0 Å². The van der Waals surface area contributed by atoms with Crippen LogP contribution in [-0.4, -0.2) is 26.6 Å². The normalized spacial score (nSPS) is 6.60. The first kappa shape index (κ1) is 50.1. The van der Waals surface area contributed by atoms with E-state index in [1.165, 1.54) is 0 Å². The SMILES string of the molecule is O=S([O-])([O-])=S.O=S([O-])([O-])=S.[Fe+2].[Fe+2].[N-]=O.[N-]=O.[N-]=O.[N-]=O. The molecule has 0 spiro atoms. The Morgan fingerprint density at radius 2 is 0.550 bits per heavy atom. The van der Waals surface area contributed by atoms with Crippen molar-refractivity contribution >= 4 is 40.5 Å². The predicted octanol–water partition coefficient (Wildman–Crippen LogP) is -0.729. The van der Waals surface area contributed by atoms with Gasteiger partial charge in [-0.1, -0.05) is 0 Å². The van der Waals surface area contributed by atoms with Gasteiger partial charge in [-0.15, -0.1) is 18.1 Å². The number of rotatable bonds is 0. The summed E-state index contributed by atoms with van der Waals surface area (Å²) in [6.45, 7) is 0. The van der Waals surface area contributed by atoms with Crippen LogP contribution in [0.5, 0.6) is 0 Å². The molecule has 20 heteroatoms. The fourth-order valence-corrected chi connectivity index (χ4v) is 0. The third-order valence-corrected chi connectivity index (χ3v) is 0. The quantitative estimate of drug-likeness (QED) is 0.408. The Kier molecular flexibility index (Phi) is 107. The van der Waals surface area contributed by atoms with Crippen LogP contribution >= 0.6 is 0 Å². The monoisotopic (exact) mass is 456 g/mol. The fourth-order valence-electron chi connectivity index (χ4n) is 0. The fraction of sp³-hybridized carbons (Fsp3) is 0. The first-order valence-electron chi connectivity index (χ1n) is 2.06. The molecule has 0 saturated carbocycles. The van der Waals surface area contributed by atoms with E-state index < -0.39 is 18.1 Å². The molecule has 0 heterocycles. The van der Waals surface area contributed by atoms with Crippen LogP contribution in [0, 0.1) is 19.6 Å². The average molecular weight is 456 g/mol. The molecule has 20 heavy (non-hydrogen) atoms. The van der Waals surface area contributed by atoms with Crippen LogP contribution < -0.4 is 0 Å². The third-order valence-electron chi connectivity index (χ3n) is 0. The molecule has 0 aliphatic heterocycles. The van der Waals surface area contributed by atoms with Crippen molar-refractivity contribution in [3.8, 4) is 0 Å². The van der Waals surface area contributed by atoms with Gasteiger partial charge in [-0.2, -0.15) is 0 Å². The summed E-state index contributed by atoms with van der Waals surface area (Å²) in [5, 5.41) is 0. The van der Waals surface area contributed by atoms with Crippen LogP contribution in [0.4, 0.5) is 0 Å². The van der Waals surface area contributed by atoms with Gasteiger partial charge in [-0.3, -0.25) is 8.42 Å². The second-order valence-electron chi connectivity index (χ2n) is 0.816. The summed E-state index contributed by atoms with van der Waals surface area (Å²) in [7, 11) is -8.67. The van der Waals surface area contributed by atoms with E-state index >= 15 is 0 Å².